The maximum atomic E-state index is 6.35. The Morgan fingerprint density at radius 3 is 2.30 bits per heavy atom. The van der Waals surface area contributed by atoms with Crippen LogP contribution in [0.5, 0.6) is 0 Å². The highest BCUT2D eigenvalue weighted by atomic mass is 35.5. The molecule has 1 aromatic heterocycles. The van der Waals surface area contributed by atoms with Gasteiger partial charge in [-0.15, -0.1) is 0 Å². The van der Waals surface area contributed by atoms with Crippen molar-refractivity contribution < 1.29 is 0 Å². The smallest absolute Gasteiger partial charge is 0.0647 e. The van der Waals surface area contributed by atoms with E-state index in [-0.39, 0.29) is 0 Å². The molecule has 0 saturated heterocycles. The monoisotopic (exact) mass is 285 g/mol. The average molecular weight is 286 g/mol. The summed E-state index contributed by atoms with van der Waals surface area (Å²) < 4.78 is 0. The molecule has 2 heteroatoms. The molecule has 4 aliphatic carbocycles. The van der Waals surface area contributed by atoms with Crippen LogP contribution in [0.3, 0.4) is 0 Å². The van der Waals surface area contributed by atoms with E-state index in [2.05, 4.69) is 23.3 Å². The normalized spacial score (nSPS) is 38.8. The van der Waals surface area contributed by atoms with Crippen molar-refractivity contribution in [3.05, 3.63) is 35.0 Å². The van der Waals surface area contributed by atoms with Gasteiger partial charge in [-0.25, -0.2) is 0 Å². The molecule has 0 amide bonds. The van der Waals surface area contributed by atoms with Crippen LogP contribution in [0.1, 0.15) is 44.1 Å². The Hall–Kier alpha value is -0.950. The number of aromatic nitrogens is 1. The van der Waals surface area contributed by atoms with Gasteiger partial charge >= 0.3 is 0 Å². The summed E-state index contributed by atoms with van der Waals surface area (Å²) in [6.45, 7) is 0. The van der Waals surface area contributed by atoms with Crippen molar-refractivity contribution >= 4 is 22.5 Å². The minimum atomic E-state index is 0.456. The molecule has 1 heterocycles. The zero-order chi connectivity index (χ0) is 13.3. The van der Waals surface area contributed by atoms with E-state index in [1.165, 1.54) is 43.9 Å². The highest BCUT2D eigenvalue weighted by molar-refractivity contribution is 6.35. The third kappa shape index (κ3) is 1.45. The summed E-state index contributed by atoms with van der Waals surface area (Å²) in [5, 5.41) is 2.23. The zero-order valence-corrected chi connectivity index (χ0v) is 12.4. The molecular formula is C18H20ClN. The third-order valence-electron chi connectivity index (χ3n) is 6.27. The van der Waals surface area contributed by atoms with E-state index in [0.29, 0.717) is 5.41 Å². The van der Waals surface area contributed by atoms with Crippen LogP contribution in [-0.2, 0) is 5.41 Å². The Balaban J connectivity index is 1.70. The van der Waals surface area contributed by atoms with Crippen LogP contribution in [0.4, 0.5) is 0 Å². The average Bonchev–Trinajstić information content (AvgIpc) is 2.83. The van der Waals surface area contributed by atoms with Gasteiger partial charge in [0.25, 0.3) is 0 Å². The van der Waals surface area contributed by atoms with Crippen molar-refractivity contribution in [1.82, 2.24) is 4.98 Å². The number of H-pyrrole nitrogens is 1. The molecule has 4 fully saturated rings. The Labute approximate surface area is 124 Å². The van der Waals surface area contributed by atoms with Crippen molar-refractivity contribution in [3.63, 3.8) is 0 Å². The summed E-state index contributed by atoms with van der Waals surface area (Å²) >= 11 is 6.35. The number of benzene rings is 1. The molecule has 0 atom stereocenters. The van der Waals surface area contributed by atoms with Crippen molar-refractivity contribution in [2.75, 3.05) is 0 Å². The molecule has 104 valence electrons. The molecule has 4 aliphatic rings. The van der Waals surface area contributed by atoms with E-state index in [1.807, 2.05) is 6.07 Å². The lowest BCUT2D eigenvalue weighted by molar-refractivity contribution is -0.00449. The van der Waals surface area contributed by atoms with Crippen molar-refractivity contribution in [2.24, 2.45) is 17.8 Å². The Kier molecular flexibility index (Phi) is 2.23. The van der Waals surface area contributed by atoms with E-state index >= 15 is 0 Å². The number of halogens is 1. The first-order chi connectivity index (χ1) is 9.73. The van der Waals surface area contributed by atoms with Crippen LogP contribution in [0.15, 0.2) is 24.4 Å². The predicted molar refractivity (Wildman–Crippen MR) is 83.2 cm³/mol. The van der Waals surface area contributed by atoms with Gasteiger partial charge in [-0.05, 0) is 73.3 Å². The predicted octanol–water partition coefficient (Wildman–Crippen LogP) is 5.29. The molecule has 4 bridgehead atoms. The summed E-state index contributed by atoms with van der Waals surface area (Å²) in [6.07, 6.45) is 11.0. The Bertz CT molecular complexity index is 648. The fourth-order valence-corrected chi connectivity index (χ4v) is 6.23. The molecule has 2 aromatic rings. The molecule has 0 aliphatic heterocycles. The van der Waals surface area contributed by atoms with E-state index < -0.39 is 0 Å². The second kappa shape index (κ2) is 3.82. The molecule has 1 nitrogen and oxygen atoms in total. The van der Waals surface area contributed by atoms with E-state index in [9.17, 15) is 0 Å². The molecule has 20 heavy (non-hydrogen) atoms. The van der Waals surface area contributed by atoms with E-state index in [4.69, 9.17) is 11.6 Å². The first-order valence-electron chi connectivity index (χ1n) is 8.00. The lowest BCUT2D eigenvalue weighted by Gasteiger charge is -2.57. The van der Waals surface area contributed by atoms with Gasteiger partial charge in [-0.3, -0.25) is 0 Å². The molecule has 0 radical (unpaired) electrons. The number of aromatic amines is 1. The van der Waals surface area contributed by atoms with Crippen LogP contribution in [0.2, 0.25) is 5.02 Å². The summed E-state index contributed by atoms with van der Waals surface area (Å²) in [5.74, 6) is 2.97. The largest absolute Gasteiger partial charge is 0.360 e. The highest BCUT2D eigenvalue weighted by Gasteiger charge is 2.52. The minimum Gasteiger partial charge on any atom is -0.360 e. The lowest BCUT2D eigenvalue weighted by Crippen LogP contribution is -2.48. The number of rotatable bonds is 1. The quantitative estimate of drug-likeness (QED) is 0.733. The van der Waals surface area contributed by atoms with Crippen LogP contribution < -0.4 is 0 Å². The van der Waals surface area contributed by atoms with Gasteiger partial charge in [0, 0.05) is 11.6 Å². The first-order valence-corrected chi connectivity index (χ1v) is 8.37. The number of hydrogen-bond acceptors (Lipinski definition) is 0. The number of nitrogens with one attached hydrogen (secondary N) is 1. The first kappa shape index (κ1) is 11.7. The number of hydrogen-bond donors (Lipinski definition) is 1. The molecule has 0 unspecified atom stereocenters. The van der Waals surface area contributed by atoms with Gasteiger partial charge in [-0.2, -0.15) is 0 Å². The van der Waals surface area contributed by atoms with Crippen LogP contribution >= 0.6 is 11.6 Å². The zero-order valence-electron chi connectivity index (χ0n) is 11.7. The van der Waals surface area contributed by atoms with Gasteiger partial charge in [0.2, 0.25) is 0 Å². The standard InChI is InChI=1S/C18H20ClN/c19-16-3-1-2-14-15(10-20-17(14)16)18-7-11-4-12(8-18)6-13(5-11)9-18/h1-3,10-13,20H,4-9H2. The van der Waals surface area contributed by atoms with Crippen LogP contribution in [0, 0.1) is 17.8 Å². The topological polar surface area (TPSA) is 15.8 Å². The van der Waals surface area contributed by atoms with Crippen LogP contribution in [-0.4, -0.2) is 4.98 Å². The fourth-order valence-electron chi connectivity index (χ4n) is 6.00. The maximum Gasteiger partial charge on any atom is 0.0647 e. The maximum absolute atomic E-state index is 6.35. The summed E-state index contributed by atoms with van der Waals surface area (Å²) in [4.78, 5) is 3.45. The Morgan fingerprint density at radius 1 is 1.00 bits per heavy atom. The van der Waals surface area contributed by atoms with Crippen molar-refractivity contribution in [2.45, 2.75) is 43.9 Å². The molecule has 1 aromatic carbocycles. The highest BCUT2D eigenvalue weighted by Crippen LogP contribution is 2.61. The van der Waals surface area contributed by atoms with E-state index in [1.54, 1.807) is 5.56 Å². The van der Waals surface area contributed by atoms with Gasteiger partial charge in [0.1, 0.15) is 0 Å². The summed E-state index contributed by atoms with van der Waals surface area (Å²) in [6, 6.07) is 6.35. The van der Waals surface area contributed by atoms with Gasteiger partial charge in [-0.1, -0.05) is 23.7 Å². The second-order valence-electron chi connectivity index (χ2n) is 7.56. The molecule has 0 spiro atoms. The number of para-hydroxylation sites is 1. The second-order valence-corrected chi connectivity index (χ2v) is 7.97. The Morgan fingerprint density at radius 2 is 1.65 bits per heavy atom. The SMILES string of the molecule is Clc1cccc2c(C34CC5CC(CC(C5)C3)C4)c[nH]c12. The third-order valence-corrected chi connectivity index (χ3v) is 6.59. The summed E-state index contributed by atoms with van der Waals surface area (Å²) in [5.41, 5.74) is 3.16. The molecule has 1 N–H and O–H groups in total. The minimum absolute atomic E-state index is 0.456. The fraction of sp³-hybridized carbons (Fsp3) is 0.556. The van der Waals surface area contributed by atoms with Crippen molar-refractivity contribution in [1.29, 1.82) is 0 Å². The molecule has 4 saturated carbocycles. The summed E-state index contributed by atoms with van der Waals surface area (Å²) in [7, 11) is 0. The van der Waals surface area contributed by atoms with Crippen molar-refractivity contribution in [3.8, 4) is 0 Å². The molecule has 6 rings (SSSR count). The van der Waals surface area contributed by atoms with Crippen LogP contribution in [0.25, 0.3) is 10.9 Å². The molecular weight excluding hydrogens is 266 g/mol. The van der Waals surface area contributed by atoms with Gasteiger partial charge in [0.15, 0.2) is 0 Å². The number of fused-ring (bicyclic) bond motifs is 1. The van der Waals surface area contributed by atoms with E-state index in [0.717, 1.165) is 28.3 Å². The van der Waals surface area contributed by atoms with Gasteiger partial charge in [0.05, 0.1) is 10.5 Å². The van der Waals surface area contributed by atoms with Gasteiger partial charge < -0.3 is 4.98 Å². The lowest BCUT2D eigenvalue weighted by atomic mass is 9.48.